The van der Waals surface area contributed by atoms with Crippen LogP contribution in [0, 0.1) is 5.82 Å². The molecular weight excluding hydrogens is 213 g/mol. The second kappa shape index (κ2) is 6.09. The zero-order valence-electron chi connectivity index (χ0n) is 9.19. The molecule has 0 saturated carbocycles. The Kier molecular flexibility index (Phi) is 5.06. The maximum Gasteiger partial charge on any atom is 0.127 e. The van der Waals surface area contributed by atoms with E-state index in [4.69, 9.17) is 11.6 Å². The van der Waals surface area contributed by atoms with Crippen LogP contribution in [0.5, 0.6) is 0 Å². The van der Waals surface area contributed by atoms with Crippen LogP contribution in [0.3, 0.4) is 0 Å². The Bertz CT molecular complexity index is 312. The number of halogens is 2. The minimum atomic E-state index is -0.202. The summed E-state index contributed by atoms with van der Waals surface area (Å²) in [6.07, 6.45) is 1.69. The lowest BCUT2D eigenvalue weighted by Crippen LogP contribution is -2.23. The molecule has 0 amide bonds. The fourth-order valence-electron chi connectivity index (χ4n) is 1.39. The Hall–Kier alpha value is -0.600. The maximum absolute atomic E-state index is 13.3. The second-order valence-electron chi connectivity index (χ2n) is 3.95. The van der Waals surface area contributed by atoms with Crippen molar-refractivity contribution in [3.05, 3.63) is 34.6 Å². The van der Waals surface area contributed by atoms with E-state index in [1.165, 1.54) is 6.07 Å². The van der Waals surface area contributed by atoms with E-state index >= 15 is 0 Å². The van der Waals surface area contributed by atoms with Gasteiger partial charge in [0.15, 0.2) is 0 Å². The smallest absolute Gasteiger partial charge is 0.127 e. The summed E-state index contributed by atoms with van der Waals surface area (Å²) in [5.74, 6) is -0.202. The molecule has 84 valence electrons. The molecule has 0 aliphatic carbocycles. The highest BCUT2D eigenvalue weighted by Crippen LogP contribution is 2.15. The summed E-state index contributed by atoms with van der Waals surface area (Å²) in [4.78, 5) is 0. The topological polar surface area (TPSA) is 12.0 Å². The Labute approximate surface area is 95.6 Å². The van der Waals surface area contributed by atoms with Gasteiger partial charge in [-0.25, -0.2) is 4.39 Å². The molecule has 0 aromatic heterocycles. The molecule has 1 aromatic carbocycles. The van der Waals surface area contributed by atoms with Crippen LogP contribution in [0.4, 0.5) is 4.39 Å². The number of benzene rings is 1. The molecule has 1 N–H and O–H groups in total. The van der Waals surface area contributed by atoms with Crippen LogP contribution >= 0.6 is 11.6 Å². The van der Waals surface area contributed by atoms with Crippen molar-refractivity contribution < 1.29 is 4.39 Å². The number of rotatable bonds is 5. The standard InChI is InChI=1S/C12H17ClFN/c1-9(2)15-7-3-4-10-5-6-11(13)8-12(10)14/h5-6,8-9,15H,3-4,7H2,1-2H3. The largest absolute Gasteiger partial charge is 0.315 e. The van der Waals surface area contributed by atoms with Gasteiger partial charge in [-0.05, 0) is 37.1 Å². The van der Waals surface area contributed by atoms with Gasteiger partial charge in [-0.3, -0.25) is 0 Å². The molecule has 0 aliphatic heterocycles. The molecule has 1 nitrogen and oxygen atoms in total. The molecule has 0 bridgehead atoms. The molecule has 0 saturated heterocycles. The van der Waals surface area contributed by atoms with Crippen LogP contribution in [-0.2, 0) is 6.42 Å². The molecule has 0 radical (unpaired) electrons. The quantitative estimate of drug-likeness (QED) is 0.763. The van der Waals surface area contributed by atoms with Crippen molar-refractivity contribution in [1.82, 2.24) is 5.32 Å². The first kappa shape index (κ1) is 12.5. The van der Waals surface area contributed by atoms with E-state index < -0.39 is 0 Å². The molecule has 0 aliphatic rings. The van der Waals surface area contributed by atoms with Crippen molar-refractivity contribution >= 4 is 11.6 Å². The van der Waals surface area contributed by atoms with E-state index in [-0.39, 0.29) is 5.82 Å². The van der Waals surface area contributed by atoms with Gasteiger partial charge in [0.1, 0.15) is 5.82 Å². The van der Waals surface area contributed by atoms with Crippen LogP contribution in [-0.4, -0.2) is 12.6 Å². The lowest BCUT2D eigenvalue weighted by atomic mass is 10.1. The summed E-state index contributed by atoms with van der Waals surface area (Å²) < 4.78 is 13.3. The molecule has 3 heteroatoms. The van der Waals surface area contributed by atoms with E-state index in [0.717, 1.165) is 24.9 Å². The van der Waals surface area contributed by atoms with Gasteiger partial charge in [0.05, 0.1) is 0 Å². The van der Waals surface area contributed by atoms with Crippen LogP contribution in [0.2, 0.25) is 5.02 Å². The zero-order chi connectivity index (χ0) is 11.3. The molecule has 0 heterocycles. The van der Waals surface area contributed by atoms with Gasteiger partial charge < -0.3 is 5.32 Å². The van der Waals surface area contributed by atoms with Gasteiger partial charge in [-0.15, -0.1) is 0 Å². The van der Waals surface area contributed by atoms with Crippen molar-refractivity contribution in [3.8, 4) is 0 Å². The highest BCUT2D eigenvalue weighted by atomic mass is 35.5. The maximum atomic E-state index is 13.3. The minimum Gasteiger partial charge on any atom is -0.315 e. The molecule has 0 unspecified atom stereocenters. The lowest BCUT2D eigenvalue weighted by molar-refractivity contribution is 0.559. The summed E-state index contributed by atoms with van der Waals surface area (Å²) in [6, 6.07) is 5.34. The monoisotopic (exact) mass is 229 g/mol. The van der Waals surface area contributed by atoms with E-state index in [0.29, 0.717) is 11.1 Å². The third kappa shape index (κ3) is 4.63. The third-order valence-corrected chi connectivity index (χ3v) is 2.43. The number of aryl methyl sites for hydroxylation is 1. The predicted octanol–water partition coefficient (Wildman–Crippen LogP) is 3.41. The molecule has 0 spiro atoms. The van der Waals surface area contributed by atoms with Gasteiger partial charge in [0.25, 0.3) is 0 Å². The van der Waals surface area contributed by atoms with Gasteiger partial charge in [-0.1, -0.05) is 31.5 Å². The zero-order valence-corrected chi connectivity index (χ0v) is 9.94. The van der Waals surface area contributed by atoms with Crippen LogP contribution in [0.25, 0.3) is 0 Å². The SMILES string of the molecule is CC(C)NCCCc1ccc(Cl)cc1F. The number of hydrogen-bond acceptors (Lipinski definition) is 1. The summed E-state index contributed by atoms with van der Waals surface area (Å²) in [7, 11) is 0. The van der Waals surface area contributed by atoms with E-state index in [1.54, 1.807) is 12.1 Å². The van der Waals surface area contributed by atoms with Gasteiger partial charge in [0.2, 0.25) is 0 Å². The van der Waals surface area contributed by atoms with Gasteiger partial charge in [-0.2, -0.15) is 0 Å². The molecule has 15 heavy (non-hydrogen) atoms. The van der Waals surface area contributed by atoms with Crippen molar-refractivity contribution in [2.24, 2.45) is 0 Å². The van der Waals surface area contributed by atoms with Crippen molar-refractivity contribution in [3.63, 3.8) is 0 Å². The summed E-state index contributed by atoms with van der Waals surface area (Å²) in [5, 5.41) is 3.75. The van der Waals surface area contributed by atoms with E-state index in [9.17, 15) is 4.39 Å². The van der Waals surface area contributed by atoms with E-state index in [2.05, 4.69) is 19.2 Å². The lowest BCUT2D eigenvalue weighted by Gasteiger charge is -2.08. The van der Waals surface area contributed by atoms with E-state index in [1.807, 2.05) is 0 Å². The number of hydrogen-bond donors (Lipinski definition) is 1. The fourth-order valence-corrected chi connectivity index (χ4v) is 1.55. The van der Waals surface area contributed by atoms with Crippen molar-refractivity contribution in [1.29, 1.82) is 0 Å². The first-order valence-electron chi connectivity index (χ1n) is 5.27. The Morgan fingerprint density at radius 2 is 2.13 bits per heavy atom. The average molecular weight is 230 g/mol. The highest BCUT2D eigenvalue weighted by Gasteiger charge is 2.02. The van der Waals surface area contributed by atoms with Crippen molar-refractivity contribution in [2.45, 2.75) is 32.7 Å². The minimum absolute atomic E-state index is 0.202. The molecule has 0 atom stereocenters. The normalized spacial score (nSPS) is 11.0. The highest BCUT2D eigenvalue weighted by molar-refractivity contribution is 6.30. The molecule has 1 aromatic rings. The van der Waals surface area contributed by atoms with Crippen LogP contribution in [0.15, 0.2) is 18.2 Å². The van der Waals surface area contributed by atoms with Gasteiger partial charge >= 0.3 is 0 Å². The predicted molar refractivity (Wildman–Crippen MR) is 62.9 cm³/mol. The van der Waals surface area contributed by atoms with Gasteiger partial charge in [0, 0.05) is 11.1 Å². The fraction of sp³-hybridized carbons (Fsp3) is 0.500. The first-order valence-corrected chi connectivity index (χ1v) is 5.64. The average Bonchev–Trinajstić information content (AvgIpc) is 2.14. The summed E-state index contributed by atoms with van der Waals surface area (Å²) in [5.41, 5.74) is 0.741. The Balaban J connectivity index is 2.37. The van der Waals surface area contributed by atoms with Crippen LogP contribution < -0.4 is 5.32 Å². The molecule has 0 fully saturated rings. The summed E-state index contributed by atoms with van der Waals surface area (Å²) in [6.45, 7) is 5.12. The van der Waals surface area contributed by atoms with Crippen LogP contribution in [0.1, 0.15) is 25.8 Å². The number of nitrogens with one attached hydrogen (secondary N) is 1. The third-order valence-electron chi connectivity index (χ3n) is 2.19. The Morgan fingerprint density at radius 3 is 2.73 bits per heavy atom. The van der Waals surface area contributed by atoms with Crippen molar-refractivity contribution in [2.75, 3.05) is 6.54 Å². The second-order valence-corrected chi connectivity index (χ2v) is 4.38. The first-order chi connectivity index (χ1) is 7.09. The Morgan fingerprint density at radius 1 is 1.40 bits per heavy atom. The molecular formula is C12H17ClFN. The summed E-state index contributed by atoms with van der Waals surface area (Å²) >= 11 is 5.67. The molecule has 1 rings (SSSR count).